The summed E-state index contributed by atoms with van der Waals surface area (Å²) >= 11 is 1.69. The van der Waals surface area contributed by atoms with Crippen LogP contribution >= 0.6 is 11.3 Å². The minimum Gasteiger partial charge on any atom is -0.299 e. The third-order valence-electron chi connectivity index (χ3n) is 4.31. The maximum Gasteiger partial charge on any atom is 0.325 e. The Bertz CT molecular complexity index is 874. The Morgan fingerprint density at radius 1 is 1.12 bits per heavy atom. The molecule has 25 heavy (non-hydrogen) atoms. The van der Waals surface area contributed by atoms with Crippen LogP contribution in [0, 0.1) is 6.92 Å². The predicted octanol–water partition coefficient (Wildman–Crippen LogP) is 4.77. The van der Waals surface area contributed by atoms with Gasteiger partial charge in [-0.2, -0.15) is 5.10 Å². The van der Waals surface area contributed by atoms with Crippen molar-refractivity contribution < 1.29 is 4.79 Å². The molecule has 5 nitrogen and oxygen atoms in total. The fourth-order valence-electron chi connectivity index (χ4n) is 3.17. The lowest BCUT2D eigenvalue weighted by Crippen LogP contribution is -2.20. The second-order valence-electron chi connectivity index (χ2n) is 6.26. The van der Waals surface area contributed by atoms with E-state index >= 15 is 0 Å². The van der Waals surface area contributed by atoms with Crippen LogP contribution in [0.5, 0.6) is 0 Å². The SMILES string of the molecule is Cc1cc(NC(=O)Nc2cc3c(s2)CCCC3)n(-c2ccccc2)n1. The quantitative estimate of drug-likeness (QED) is 0.713. The molecule has 6 heteroatoms. The number of benzene rings is 1. The van der Waals surface area contributed by atoms with E-state index in [1.54, 1.807) is 16.0 Å². The molecule has 0 unspecified atom stereocenters. The number of carbonyl (C=O) groups excluding carboxylic acids is 1. The van der Waals surface area contributed by atoms with Gasteiger partial charge in [-0.1, -0.05) is 18.2 Å². The summed E-state index contributed by atoms with van der Waals surface area (Å²) in [5.41, 5.74) is 3.15. The average molecular weight is 352 g/mol. The third-order valence-corrected chi connectivity index (χ3v) is 5.46. The summed E-state index contributed by atoms with van der Waals surface area (Å²) in [6.07, 6.45) is 4.73. The highest BCUT2D eigenvalue weighted by atomic mass is 32.1. The first-order chi connectivity index (χ1) is 12.2. The highest BCUT2D eigenvalue weighted by Crippen LogP contribution is 2.33. The Balaban J connectivity index is 1.51. The standard InChI is InChI=1S/C19H20N4OS/c1-13-11-17(23(22-13)15-8-3-2-4-9-15)20-19(24)21-18-12-14-7-5-6-10-16(14)25-18/h2-4,8-9,11-12H,5-7,10H2,1H3,(H2,20,21,24). The number of hydrogen-bond acceptors (Lipinski definition) is 3. The van der Waals surface area contributed by atoms with E-state index in [-0.39, 0.29) is 6.03 Å². The van der Waals surface area contributed by atoms with Gasteiger partial charge >= 0.3 is 6.03 Å². The van der Waals surface area contributed by atoms with Crippen LogP contribution in [0.3, 0.4) is 0 Å². The van der Waals surface area contributed by atoms with Gasteiger partial charge < -0.3 is 0 Å². The average Bonchev–Trinajstić information content (AvgIpc) is 3.18. The number of aromatic nitrogens is 2. The molecule has 1 aromatic carbocycles. The molecule has 0 bridgehead atoms. The fraction of sp³-hybridized carbons (Fsp3) is 0.263. The topological polar surface area (TPSA) is 59.0 Å². The Labute approximate surface area is 150 Å². The lowest BCUT2D eigenvalue weighted by atomic mass is 10.00. The van der Waals surface area contributed by atoms with E-state index in [2.05, 4.69) is 21.8 Å². The molecule has 4 rings (SSSR count). The molecule has 0 saturated carbocycles. The molecule has 2 N–H and O–H groups in total. The second-order valence-corrected chi connectivity index (χ2v) is 7.40. The molecule has 0 aliphatic heterocycles. The van der Waals surface area contributed by atoms with Crippen LogP contribution < -0.4 is 10.6 Å². The fourth-order valence-corrected chi connectivity index (χ4v) is 4.32. The first-order valence-electron chi connectivity index (χ1n) is 8.51. The minimum atomic E-state index is -0.240. The summed E-state index contributed by atoms with van der Waals surface area (Å²) in [5.74, 6) is 0.655. The minimum absolute atomic E-state index is 0.240. The van der Waals surface area contributed by atoms with E-state index in [1.807, 2.05) is 43.3 Å². The van der Waals surface area contributed by atoms with Gasteiger partial charge in [0.2, 0.25) is 0 Å². The number of nitrogens with zero attached hydrogens (tertiary/aromatic N) is 2. The van der Waals surface area contributed by atoms with Crippen LogP contribution in [0.1, 0.15) is 29.0 Å². The summed E-state index contributed by atoms with van der Waals surface area (Å²) in [4.78, 5) is 13.8. The Kier molecular flexibility index (Phi) is 4.28. The highest BCUT2D eigenvalue weighted by molar-refractivity contribution is 7.16. The summed E-state index contributed by atoms with van der Waals surface area (Å²) in [6, 6.07) is 13.5. The smallest absolute Gasteiger partial charge is 0.299 e. The number of carbonyl (C=O) groups is 1. The summed E-state index contributed by atoms with van der Waals surface area (Å²) in [7, 11) is 0. The van der Waals surface area contributed by atoms with E-state index < -0.39 is 0 Å². The maximum absolute atomic E-state index is 12.4. The molecular formula is C19H20N4OS. The van der Waals surface area contributed by atoms with Crippen LogP contribution in [0.15, 0.2) is 42.5 Å². The van der Waals surface area contributed by atoms with Crippen LogP contribution in [0.4, 0.5) is 15.6 Å². The van der Waals surface area contributed by atoms with Crippen molar-refractivity contribution >= 4 is 28.2 Å². The number of thiophene rings is 1. The zero-order valence-electron chi connectivity index (χ0n) is 14.1. The van der Waals surface area contributed by atoms with Gasteiger partial charge in [-0.25, -0.2) is 9.48 Å². The van der Waals surface area contributed by atoms with Gasteiger partial charge in [0.05, 0.1) is 16.4 Å². The van der Waals surface area contributed by atoms with Crippen molar-refractivity contribution in [2.24, 2.45) is 0 Å². The molecule has 0 spiro atoms. The zero-order valence-corrected chi connectivity index (χ0v) is 14.9. The van der Waals surface area contributed by atoms with Gasteiger partial charge in [0.15, 0.2) is 0 Å². The second kappa shape index (κ2) is 6.72. The first-order valence-corrected chi connectivity index (χ1v) is 9.32. The number of amides is 2. The molecule has 0 radical (unpaired) electrons. The summed E-state index contributed by atoms with van der Waals surface area (Å²) in [6.45, 7) is 1.91. The van der Waals surface area contributed by atoms with Crippen LogP contribution in [0.2, 0.25) is 0 Å². The third kappa shape index (κ3) is 3.44. The van der Waals surface area contributed by atoms with E-state index in [9.17, 15) is 4.79 Å². The van der Waals surface area contributed by atoms with Crippen LogP contribution in [-0.2, 0) is 12.8 Å². The number of anilines is 2. The van der Waals surface area contributed by atoms with Crippen molar-refractivity contribution in [1.82, 2.24) is 9.78 Å². The van der Waals surface area contributed by atoms with Crippen LogP contribution in [-0.4, -0.2) is 15.8 Å². The molecule has 0 saturated heterocycles. The molecule has 1 aliphatic rings. The molecule has 2 heterocycles. The molecule has 0 atom stereocenters. The number of aryl methyl sites for hydroxylation is 3. The van der Waals surface area contributed by atoms with E-state index in [0.717, 1.165) is 29.2 Å². The molecule has 1 aliphatic carbocycles. The number of hydrogen-bond donors (Lipinski definition) is 2. The van der Waals surface area contributed by atoms with Gasteiger partial charge in [0.25, 0.3) is 0 Å². The Hall–Kier alpha value is -2.60. The van der Waals surface area contributed by atoms with E-state index in [1.165, 1.54) is 23.3 Å². The van der Waals surface area contributed by atoms with Gasteiger partial charge in [-0.3, -0.25) is 10.6 Å². The Morgan fingerprint density at radius 2 is 1.92 bits per heavy atom. The van der Waals surface area contributed by atoms with Crippen molar-refractivity contribution in [3.63, 3.8) is 0 Å². The van der Waals surface area contributed by atoms with Gasteiger partial charge in [0, 0.05) is 10.9 Å². The van der Waals surface area contributed by atoms with Gasteiger partial charge in [-0.15, -0.1) is 11.3 Å². The lowest BCUT2D eigenvalue weighted by molar-refractivity contribution is 0.262. The number of para-hydroxylation sites is 1. The van der Waals surface area contributed by atoms with Crippen molar-refractivity contribution in [3.8, 4) is 5.69 Å². The lowest BCUT2D eigenvalue weighted by Gasteiger charge is -2.09. The molecule has 2 aromatic heterocycles. The monoisotopic (exact) mass is 352 g/mol. The van der Waals surface area contributed by atoms with Crippen molar-refractivity contribution in [3.05, 3.63) is 58.6 Å². The first kappa shape index (κ1) is 15.9. The molecule has 128 valence electrons. The van der Waals surface area contributed by atoms with E-state index in [4.69, 9.17) is 0 Å². The number of nitrogens with one attached hydrogen (secondary N) is 2. The number of fused-ring (bicyclic) bond motifs is 1. The normalized spacial score (nSPS) is 13.3. The van der Waals surface area contributed by atoms with Crippen molar-refractivity contribution in [1.29, 1.82) is 0 Å². The summed E-state index contributed by atoms with van der Waals surface area (Å²) in [5, 5.41) is 11.3. The van der Waals surface area contributed by atoms with Crippen molar-refractivity contribution in [2.45, 2.75) is 32.6 Å². The number of urea groups is 1. The largest absolute Gasteiger partial charge is 0.325 e. The highest BCUT2D eigenvalue weighted by Gasteiger charge is 2.16. The molecule has 3 aromatic rings. The summed E-state index contributed by atoms with van der Waals surface area (Å²) < 4.78 is 1.74. The predicted molar refractivity (Wildman–Crippen MR) is 102 cm³/mol. The zero-order chi connectivity index (χ0) is 17.2. The molecule has 0 fully saturated rings. The van der Waals surface area contributed by atoms with Crippen LogP contribution in [0.25, 0.3) is 5.69 Å². The van der Waals surface area contributed by atoms with Gasteiger partial charge in [0.1, 0.15) is 5.82 Å². The number of rotatable bonds is 3. The maximum atomic E-state index is 12.4. The van der Waals surface area contributed by atoms with E-state index in [0.29, 0.717) is 5.82 Å². The Morgan fingerprint density at radius 3 is 2.72 bits per heavy atom. The molecular weight excluding hydrogens is 332 g/mol. The van der Waals surface area contributed by atoms with Crippen molar-refractivity contribution in [2.75, 3.05) is 10.6 Å². The van der Waals surface area contributed by atoms with Gasteiger partial charge in [-0.05, 0) is 56.4 Å². The molecule has 2 amide bonds.